The first-order valence-electron chi connectivity index (χ1n) is 19.5. The van der Waals surface area contributed by atoms with Crippen molar-refractivity contribution in [1.82, 2.24) is 0 Å². The number of carbonyl (C=O) groups is 4. The molecular weight excluding hydrogens is 677 g/mol. The van der Waals surface area contributed by atoms with Crippen LogP contribution in [0.4, 0.5) is 17.1 Å². The first-order chi connectivity index (χ1) is 25.9. The lowest BCUT2D eigenvalue weighted by molar-refractivity contribution is -0.669. The van der Waals surface area contributed by atoms with E-state index < -0.39 is 22.4 Å². The summed E-state index contributed by atoms with van der Waals surface area (Å²) < 4.78 is 2.01. The second-order valence-corrected chi connectivity index (χ2v) is 14.3. The fraction of sp³-hybridized carbons (Fsp3) is 0.400. The molecule has 3 aromatic rings. The highest BCUT2D eigenvalue weighted by atomic mass is 16.3. The van der Waals surface area contributed by atoms with Gasteiger partial charge in [0.15, 0.2) is 0 Å². The number of nitrogens with one attached hydrogen (secondary N) is 2. The van der Waals surface area contributed by atoms with Crippen LogP contribution in [0.15, 0.2) is 83.3 Å². The number of fused-ring (bicyclic) bond motifs is 2. The number of amides is 2. The quantitative estimate of drug-likeness (QED) is 0.0864. The maximum atomic E-state index is 13.4. The fourth-order valence-electron chi connectivity index (χ4n) is 7.95. The van der Waals surface area contributed by atoms with E-state index in [0.29, 0.717) is 35.9 Å². The van der Waals surface area contributed by atoms with Crippen molar-refractivity contribution in [2.75, 3.05) is 22.1 Å². The van der Waals surface area contributed by atoms with Crippen molar-refractivity contribution in [2.24, 2.45) is 10.8 Å². The number of hydrogen-bond acceptors (Lipinski definition) is 6. The molecule has 0 spiro atoms. The number of likely N-dealkylation sites (N-methyl/N-ethyl adjacent to an activating group) is 1. The Labute approximate surface area is 319 Å². The molecule has 284 valence electrons. The minimum atomic E-state index is -0.766. The van der Waals surface area contributed by atoms with Gasteiger partial charge in [-0.15, -0.1) is 0 Å². The normalized spacial score (nSPS) is 16.2. The minimum Gasteiger partial charge on any atom is -0.506 e. The number of nitrogens with zero attached hydrogens (tertiary/aromatic N) is 2. The van der Waals surface area contributed by atoms with Crippen molar-refractivity contribution in [3.05, 3.63) is 94.5 Å². The number of Topliss-reactive ketones (excluding diaryl/α,β-unsaturated/α-hetero) is 2. The smallest absolute Gasteiger partial charge is 0.237 e. The summed E-state index contributed by atoms with van der Waals surface area (Å²) in [5.41, 5.74) is 4.46. The molecule has 1 aliphatic heterocycles. The molecule has 1 aromatic heterocycles. The van der Waals surface area contributed by atoms with Gasteiger partial charge in [0.25, 0.3) is 0 Å². The summed E-state index contributed by atoms with van der Waals surface area (Å²) in [7, 11) is 0. The summed E-state index contributed by atoms with van der Waals surface area (Å²) in [6.07, 6.45) is 11.5. The number of pyridine rings is 1. The van der Waals surface area contributed by atoms with Crippen LogP contribution >= 0.6 is 0 Å². The predicted molar refractivity (Wildman–Crippen MR) is 218 cm³/mol. The predicted octanol–water partition coefficient (Wildman–Crippen LogP) is 9.24. The van der Waals surface area contributed by atoms with Gasteiger partial charge in [0.1, 0.15) is 12.3 Å². The summed E-state index contributed by atoms with van der Waals surface area (Å²) in [6.45, 7) is 17.4. The van der Waals surface area contributed by atoms with Crippen LogP contribution < -0.4 is 20.1 Å². The first-order valence-corrected chi connectivity index (χ1v) is 19.5. The molecule has 0 bridgehead atoms. The van der Waals surface area contributed by atoms with Crippen LogP contribution in [0.1, 0.15) is 105 Å². The van der Waals surface area contributed by atoms with E-state index >= 15 is 0 Å². The van der Waals surface area contributed by atoms with Gasteiger partial charge >= 0.3 is 0 Å². The third-order valence-electron chi connectivity index (χ3n) is 12.1. The number of aliphatic hydroxyl groups excluding tert-OH is 1. The molecule has 9 nitrogen and oxygen atoms in total. The Morgan fingerprint density at radius 1 is 0.722 bits per heavy atom. The number of aliphatic hydroxyl groups is 1. The first kappa shape index (κ1) is 39.9. The Morgan fingerprint density at radius 2 is 1.30 bits per heavy atom. The molecule has 1 aliphatic carbocycles. The monoisotopic (exact) mass is 731 g/mol. The summed E-state index contributed by atoms with van der Waals surface area (Å²) >= 11 is 0. The average molecular weight is 732 g/mol. The highest BCUT2D eigenvalue weighted by Gasteiger charge is 2.38. The Hall–Kier alpha value is -5.31. The number of ketones is 2. The van der Waals surface area contributed by atoms with Gasteiger partial charge in [-0.3, -0.25) is 19.2 Å². The second-order valence-electron chi connectivity index (χ2n) is 14.3. The van der Waals surface area contributed by atoms with E-state index in [4.69, 9.17) is 0 Å². The zero-order chi connectivity index (χ0) is 39.4. The molecule has 0 radical (unpaired) electrons. The van der Waals surface area contributed by atoms with Crippen LogP contribution in [0.3, 0.4) is 0 Å². The Balaban J connectivity index is 1.44. The van der Waals surface area contributed by atoms with Gasteiger partial charge in [0.05, 0.1) is 11.1 Å². The van der Waals surface area contributed by atoms with Gasteiger partial charge in [-0.1, -0.05) is 47.6 Å². The van der Waals surface area contributed by atoms with Crippen molar-refractivity contribution < 1.29 is 28.9 Å². The minimum absolute atomic E-state index is 0.0171. The number of allylic oxidation sites excluding steroid dienone is 4. The fourth-order valence-corrected chi connectivity index (χ4v) is 7.95. The van der Waals surface area contributed by atoms with Crippen molar-refractivity contribution in [3.63, 3.8) is 0 Å². The highest BCUT2D eigenvalue weighted by molar-refractivity contribution is 6.54. The summed E-state index contributed by atoms with van der Waals surface area (Å²) in [5.74, 6) is -1.86. The maximum Gasteiger partial charge on any atom is 0.237 e. The van der Waals surface area contributed by atoms with E-state index in [-0.39, 0.29) is 28.7 Å². The third-order valence-corrected chi connectivity index (χ3v) is 12.1. The van der Waals surface area contributed by atoms with Crippen LogP contribution in [0.5, 0.6) is 0 Å². The van der Waals surface area contributed by atoms with E-state index in [2.05, 4.69) is 10.6 Å². The molecule has 5 rings (SSSR count). The number of anilines is 3. The highest BCUT2D eigenvalue weighted by Crippen LogP contribution is 2.37. The molecule has 0 saturated carbocycles. The van der Waals surface area contributed by atoms with Gasteiger partial charge in [0, 0.05) is 69.3 Å². The zero-order valence-electron chi connectivity index (χ0n) is 33.1. The SMILES string of the molecule is CCN1/C(=C/C2=C(O)C(=C\c3ccc4cc(NC(=O)C(CC)(CC)CC)ccc4[n+]3CC)/C(=O)C2=O)C=Cc2cc(NC(=O)C(CC)(CC)CC)ccc21. The summed E-state index contributed by atoms with van der Waals surface area (Å²) in [4.78, 5) is 55.2. The van der Waals surface area contributed by atoms with E-state index in [1.54, 1.807) is 12.2 Å². The molecule has 2 heterocycles. The molecule has 9 heteroatoms. The molecule has 2 aliphatic rings. The van der Waals surface area contributed by atoms with Gasteiger partial charge in [-0.2, -0.15) is 4.57 Å². The molecule has 3 N–H and O–H groups in total. The largest absolute Gasteiger partial charge is 0.506 e. The number of aryl methyl sites for hydroxylation is 1. The molecule has 2 aromatic carbocycles. The molecular formula is C45H55N4O5+. The Bertz CT molecular complexity index is 2100. The zero-order valence-corrected chi connectivity index (χ0v) is 33.1. The molecule has 0 saturated heterocycles. The lowest BCUT2D eigenvalue weighted by atomic mass is 9.79. The lowest BCUT2D eigenvalue weighted by Gasteiger charge is -2.31. The van der Waals surface area contributed by atoms with Crippen LogP contribution in [0, 0.1) is 10.8 Å². The molecule has 0 fully saturated rings. The van der Waals surface area contributed by atoms with Crippen LogP contribution in [0.2, 0.25) is 0 Å². The van der Waals surface area contributed by atoms with Crippen molar-refractivity contribution >= 4 is 63.5 Å². The molecule has 0 atom stereocenters. The van der Waals surface area contributed by atoms with Gasteiger partial charge in [0.2, 0.25) is 34.6 Å². The van der Waals surface area contributed by atoms with Gasteiger partial charge in [-0.25, -0.2) is 0 Å². The van der Waals surface area contributed by atoms with Crippen LogP contribution in [0.25, 0.3) is 23.1 Å². The average Bonchev–Trinajstić information content (AvgIpc) is 3.38. The van der Waals surface area contributed by atoms with Crippen molar-refractivity contribution in [3.8, 4) is 0 Å². The van der Waals surface area contributed by atoms with Gasteiger partial charge in [-0.05, 0) is 101 Å². The van der Waals surface area contributed by atoms with Gasteiger partial charge < -0.3 is 20.6 Å². The Kier molecular flexibility index (Phi) is 12.1. The number of carbonyl (C=O) groups excluding carboxylic acids is 4. The summed E-state index contributed by atoms with van der Waals surface area (Å²) in [6, 6.07) is 15.3. The van der Waals surface area contributed by atoms with Crippen LogP contribution in [-0.2, 0) is 25.7 Å². The molecule has 54 heavy (non-hydrogen) atoms. The van der Waals surface area contributed by atoms with E-state index in [1.807, 2.05) is 126 Å². The van der Waals surface area contributed by atoms with E-state index in [1.165, 1.54) is 0 Å². The molecule has 2 amide bonds. The second kappa shape index (κ2) is 16.4. The number of benzene rings is 2. The lowest BCUT2D eigenvalue weighted by Crippen LogP contribution is -2.37. The van der Waals surface area contributed by atoms with E-state index in [9.17, 15) is 24.3 Å². The van der Waals surface area contributed by atoms with Crippen molar-refractivity contribution in [2.45, 2.75) is 100 Å². The molecule has 0 unspecified atom stereocenters. The number of aromatic nitrogens is 1. The third kappa shape index (κ3) is 7.16. The summed E-state index contributed by atoms with van der Waals surface area (Å²) in [5, 5.41) is 18.5. The standard InChI is InChI=1S/C45H54N4O5/c1-9-44(10-2,11-3)42(53)46-31-19-23-37-29(25-31)17-21-33(48(37)15-7)27-35-39(50)36(41(52)40(35)51)28-34-22-18-30-26-32(20-24-38(30)49(34)16-8)47-43(54)45(12-4,13-5)14-6/h17-28H,9-16H2,1-8H3,(H2-,46,47,50,51,52,53,54)/p+1. The maximum absolute atomic E-state index is 13.4. The van der Waals surface area contributed by atoms with E-state index in [0.717, 1.165) is 60.7 Å². The number of hydrogen-bond donors (Lipinski definition) is 3. The van der Waals surface area contributed by atoms with Crippen molar-refractivity contribution in [1.29, 1.82) is 0 Å². The Morgan fingerprint density at radius 3 is 1.85 bits per heavy atom. The van der Waals surface area contributed by atoms with Crippen LogP contribution in [-0.4, -0.2) is 35.0 Å². The number of rotatable bonds is 14. The topological polar surface area (TPSA) is 120 Å².